The van der Waals surface area contributed by atoms with E-state index in [1.807, 2.05) is 67.6 Å². The molecule has 0 fully saturated rings. The summed E-state index contributed by atoms with van der Waals surface area (Å²) in [5.41, 5.74) is 4.03. The van der Waals surface area contributed by atoms with Crippen molar-refractivity contribution in [2.24, 2.45) is 0 Å². The van der Waals surface area contributed by atoms with Crippen molar-refractivity contribution in [1.82, 2.24) is 10.1 Å². The van der Waals surface area contributed by atoms with E-state index in [0.717, 1.165) is 22.5 Å². The molecule has 0 atom stereocenters. The molecule has 2 heterocycles. The molecule has 0 N–H and O–H groups in total. The van der Waals surface area contributed by atoms with Gasteiger partial charge in [-0.15, -0.1) is 0 Å². The van der Waals surface area contributed by atoms with Gasteiger partial charge in [0.25, 0.3) is 5.89 Å². The van der Waals surface area contributed by atoms with Crippen LogP contribution in [-0.2, 0) is 0 Å². The summed E-state index contributed by atoms with van der Waals surface area (Å²) in [6.07, 6.45) is 1.66. The minimum atomic E-state index is 0.506. The maximum atomic E-state index is 5.39. The summed E-state index contributed by atoms with van der Waals surface area (Å²) in [5.74, 6) is 1.93. The van der Waals surface area contributed by atoms with Gasteiger partial charge in [0.05, 0.1) is 6.26 Å². The lowest BCUT2D eigenvalue weighted by Gasteiger charge is -1.98. The molecule has 0 amide bonds. The Kier molecular flexibility index (Phi) is 3.27. The van der Waals surface area contributed by atoms with Gasteiger partial charge in [0, 0.05) is 16.7 Å². The lowest BCUT2D eigenvalue weighted by atomic mass is 10.1. The number of aryl methyl sites for hydroxylation is 1. The number of aromatic nitrogens is 2. The van der Waals surface area contributed by atoms with E-state index >= 15 is 0 Å². The molecule has 112 valence electrons. The molecule has 0 unspecified atom stereocenters. The van der Waals surface area contributed by atoms with Gasteiger partial charge < -0.3 is 8.94 Å². The maximum Gasteiger partial charge on any atom is 0.258 e. The third-order valence-corrected chi connectivity index (χ3v) is 3.67. The molecule has 4 nitrogen and oxygen atoms in total. The molecular formula is C19H14N2O2. The second-order valence-corrected chi connectivity index (χ2v) is 5.34. The summed E-state index contributed by atoms with van der Waals surface area (Å²) in [6, 6.07) is 19.7. The molecule has 0 spiro atoms. The Morgan fingerprint density at radius 3 is 2.17 bits per heavy atom. The van der Waals surface area contributed by atoms with E-state index in [0.29, 0.717) is 11.7 Å². The monoisotopic (exact) mass is 302 g/mol. The molecule has 0 aliphatic rings. The summed E-state index contributed by atoms with van der Waals surface area (Å²) in [5, 5.41) is 4.06. The number of nitrogens with zero attached hydrogens (tertiary/aromatic N) is 2. The fourth-order valence-corrected chi connectivity index (χ4v) is 2.38. The molecule has 2 aromatic heterocycles. The van der Waals surface area contributed by atoms with Crippen LogP contribution in [0.2, 0.25) is 0 Å². The molecule has 2 aromatic carbocycles. The Labute approximate surface area is 133 Å². The Bertz CT molecular complexity index is 905. The van der Waals surface area contributed by atoms with Crippen LogP contribution >= 0.6 is 0 Å². The number of furan rings is 1. The molecule has 0 aliphatic carbocycles. The van der Waals surface area contributed by atoms with Crippen LogP contribution in [0.3, 0.4) is 0 Å². The number of benzene rings is 2. The Morgan fingerprint density at radius 1 is 0.783 bits per heavy atom. The van der Waals surface area contributed by atoms with Gasteiger partial charge in [0.15, 0.2) is 0 Å². The smallest absolute Gasteiger partial charge is 0.258 e. The standard InChI is InChI=1S/C19H14N2O2/c1-13-4-6-15(7-5-13)18-20-19(23-21-18)16-10-8-14(9-11-16)17-3-2-12-22-17/h2-12H,1H3. The van der Waals surface area contributed by atoms with Crippen LogP contribution in [0.25, 0.3) is 34.2 Å². The van der Waals surface area contributed by atoms with Crippen LogP contribution in [0, 0.1) is 6.92 Å². The Morgan fingerprint density at radius 2 is 1.48 bits per heavy atom. The summed E-state index contributed by atoms with van der Waals surface area (Å²) in [7, 11) is 0. The largest absolute Gasteiger partial charge is 0.464 e. The van der Waals surface area contributed by atoms with Crippen LogP contribution in [0.1, 0.15) is 5.56 Å². The van der Waals surface area contributed by atoms with Gasteiger partial charge in [-0.3, -0.25) is 0 Å². The Hall–Kier alpha value is -3.14. The van der Waals surface area contributed by atoms with E-state index in [9.17, 15) is 0 Å². The highest BCUT2D eigenvalue weighted by atomic mass is 16.5. The van der Waals surface area contributed by atoms with Crippen LogP contribution in [0.4, 0.5) is 0 Å². The van der Waals surface area contributed by atoms with Gasteiger partial charge in [-0.05, 0) is 31.2 Å². The Balaban J connectivity index is 1.62. The van der Waals surface area contributed by atoms with E-state index in [1.165, 1.54) is 5.56 Å². The topological polar surface area (TPSA) is 52.1 Å². The maximum absolute atomic E-state index is 5.39. The van der Waals surface area contributed by atoms with Gasteiger partial charge in [-0.1, -0.05) is 47.1 Å². The van der Waals surface area contributed by atoms with E-state index in [4.69, 9.17) is 8.94 Å². The molecule has 0 saturated heterocycles. The fraction of sp³-hybridized carbons (Fsp3) is 0.0526. The first-order valence-corrected chi connectivity index (χ1v) is 7.35. The number of hydrogen-bond acceptors (Lipinski definition) is 4. The summed E-state index contributed by atoms with van der Waals surface area (Å²) in [4.78, 5) is 4.47. The minimum absolute atomic E-state index is 0.506. The number of hydrogen-bond donors (Lipinski definition) is 0. The normalized spacial score (nSPS) is 10.8. The van der Waals surface area contributed by atoms with E-state index in [2.05, 4.69) is 10.1 Å². The van der Waals surface area contributed by atoms with Crippen molar-refractivity contribution in [3.05, 3.63) is 72.5 Å². The summed E-state index contributed by atoms with van der Waals surface area (Å²) >= 11 is 0. The SMILES string of the molecule is Cc1ccc(-c2noc(-c3ccc(-c4ccco4)cc3)n2)cc1. The van der Waals surface area contributed by atoms with Gasteiger partial charge in [0.1, 0.15) is 5.76 Å². The highest BCUT2D eigenvalue weighted by Crippen LogP contribution is 2.26. The zero-order valence-electron chi connectivity index (χ0n) is 12.6. The van der Waals surface area contributed by atoms with Gasteiger partial charge in [-0.2, -0.15) is 4.98 Å². The molecule has 4 aromatic rings. The predicted octanol–water partition coefficient (Wildman–Crippen LogP) is 4.97. The summed E-state index contributed by atoms with van der Waals surface area (Å²) < 4.78 is 10.8. The van der Waals surface area contributed by atoms with E-state index < -0.39 is 0 Å². The summed E-state index contributed by atoms with van der Waals surface area (Å²) in [6.45, 7) is 2.05. The third kappa shape index (κ3) is 2.66. The quantitative estimate of drug-likeness (QED) is 0.536. The van der Waals surface area contributed by atoms with Crippen LogP contribution in [0.15, 0.2) is 75.9 Å². The average Bonchev–Trinajstić information content (AvgIpc) is 3.28. The van der Waals surface area contributed by atoms with Gasteiger partial charge >= 0.3 is 0 Å². The first-order valence-electron chi connectivity index (χ1n) is 7.35. The zero-order valence-corrected chi connectivity index (χ0v) is 12.6. The highest BCUT2D eigenvalue weighted by Gasteiger charge is 2.11. The molecule has 0 bridgehead atoms. The zero-order chi connectivity index (χ0) is 15.6. The lowest BCUT2D eigenvalue weighted by Crippen LogP contribution is -1.82. The second kappa shape index (κ2) is 5.57. The molecular weight excluding hydrogens is 288 g/mol. The van der Waals surface area contributed by atoms with Crippen molar-refractivity contribution in [3.8, 4) is 34.2 Å². The molecule has 0 radical (unpaired) electrons. The van der Waals surface area contributed by atoms with Gasteiger partial charge in [-0.25, -0.2) is 0 Å². The van der Waals surface area contributed by atoms with Crippen LogP contribution in [-0.4, -0.2) is 10.1 Å². The lowest BCUT2D eigenvalue weighted by molar-refractivity contribution is 0.432. The van der Waals surface area contributed by atoms with Crippen LogP contribution < -0.4 is 0 Å². The molecule has 4 rings (SSSR count). The molecule has 0 saturated carbocycles. The van der Waals surface area contributed by atoms with Crippen LogP contribution in [0.5, 0.6) is 0 Å². The van der Waals surface area contributed by atoms with Crippen molar-refractivity contribution in [1.29, 1.82) is 0 Å². The van der Waals surface area contributed by atoms with E-state index in [1.54, 1.807) is 6.26 Å². The molecule has 0 aliphatic heterocycles. The first kappa shape index (κ1) is 13.5. The average molecular weight is 302 g/mol. The van der Waals surface area contributed by atoms with Crippen molar-refractivity contribution in [3.63, 3.8) is 0 Å². The van der Waals surface area contributed by atoms with Gasteiger partial charge in [0.2, 0.25) is 5.82 Å². The van der Waals surface area contributed by atoms with Crippen molar-refractivity contribution in [2.45, 2.75) is 6.92 Å². The third-order valence-electron chi connectivity index (χ3n) is 3.67. The molecule has 4 heteroatoms. The van der Waals surface area contributed by atoms with Crippen molar-refractivity contribution < 1.29 is 8.94 Å². The highest BCUT2D eigenvalue weighted by molar-refractivity contribution is 5.65. The minimum Gasteiger partial charge on any atom is -0.464 e. The van der Waals surface area contributed by atoms with Crippen molar-refractivity contribution >= 4 is 0 Å². The van der Waals surface area contributed by atoms with Crippen molar-refractivity contribution in [2.75, 3.05) is 0 Å². The second-order valence-electron chi connectivity index (χ2n) is 5.34. The number of rotatable bonds is 3. The fourth-order valence-electron chi connectivity index (χ4n) is 2.38. The first-order chi connectivity index (χ1) is 11.3. The molecule has 23 heavy (non-hydrogen) atoms. The predicted molar refractivity (Wildman–Crippen MR) is 87.6 cm³/mol. The van der Waals surface area contributed by atoms with E-state index in [-0.39, 0.29) is 0 Å².